The van der Waals surface area contributed by atoms with E-state index in [4.69, 9.17) is 9.47 Å². The average molecular weight is 439 g/mol. The molecule has 0 aliphatic carbocycles. The molecule has 0 radical (unpaired) electrons. The van der Waals surface area contributed by atoms with Gasteiger partial charge in [0.15, 0.2) is 0 Å². The van der Waals surface area contributed by atoms with Crippen molar-refractivity contribution < 1.29 is 23.9 Å². The Morgan fingerprint density at radius 3 is 2.12 bits per heavy atom. The molecule has 0 unspecified atom stereocenters. The van der Waals surface area contributed by atoms with Gasteiger partial charge in [-0.2, -0.15) is 0 Å². The van der Waals surface area contributed by atoms with Crippen molar-refractivity contribution >= 4 is 18.0 Å². The minimum absolute atomic E-state index is 0.0261. The summed E-state index contributed by atoms with van der Waals surface area (Å²) in [5, 5.41) is 5.32. The summed E-state index contributed by atoms with van der Waals surface area (Å²) in [6.07, 6.45) is 0.947. The van der Waals surface area contributed by atoms with Crippen LogP contribution in [0.3, 0.4) is 0 Å². The Kier molecular flexibility index (Phi) is 9.01. The average Bonchev–Trinajstić information content (AvgIpc) is 2.75. The van der Waals surface area contributed by atoms with Gasteiger partial charge in [-0.05, 0) is 31.9 Å². The first-order valence-electron chi connectivity index (χ1n) is 10.4. The van der Waals surface area contributed by atoms with Crippen molar-refractivity contribution in [2.45, 2.75) is 44.9 Å². The van der Waals surface area contributed by atoms with Gasteiger partial charge in [0.2, 0.25) is 5.91 Å². The predicted octanol–water partition coefficient (Wildman–Crippen LogP) is 3.71. The lowest BCUT2D eigenvalue weighted by molar-refractivity contribution is -0.146. The van der Waals surface area contributed by atoms with Crippen LogP contribution in [0, 0.1) is 0 Å². The number of carbonyl (C=O) groups is 3. The second kappa shape index (κ2) is 11.7. The molecule has 0 bridgehead atoms. The first kappa shape index (κ1) is 24.7. The summed E-state index contributed by atoms with van der Waals surface area (Å²) in [6, 6.07) is 16.0. The second-order valence-corrected chi connectivity index (χ2v) is 8.16. The van der Waals surface area contributed by atoms with Gasteiger partial charge in [-0.3, -0.25) is 4.79 Å². The number of hydrogen-bond donors (Lipinski definition) is 2. The van der Waals surface area contributed by atoms with Crippen molar-refractivity contribution in [1.82, 2.24) is 10.6 Å². The first-order chi connectivity index (χ1) is 15.2. The Labute approximate surface area is 188 Å². The Morgan fingerprint density at radius 2 is 1.56 bits per heavy atom. The first-order valence-corrected chi connectivity index (χ1v) is 10.4. The zero-order valence-electron chi connectivity index (χ0n) is 18.7. The molecule has 2 aromatic carbocycles. The van der Waals surface area contributed by atoms with Crippen LogP contribution in [0.5, 0.6) is 0 Å². The van der Waals surface area contributed by atoms with Gasteiger partial charge in [0.05, 0.1) is 0 Å². The molecule has 2 amide bonds. The molecule has 0 aliphatic rings. The van der Waals surface area contributed by atoms with E-state index in [1.165, 1.54) is 6.08 Å². The van der Waals surface area contributed by atoms with Gasteiger partial charge in [-0.25, -0.2) is 9.59 Å². The number of ether oxygens (including phenoxy) is 2. The van der Waals surface area contributed by atoms with Crippen molar-refractivity contribution in [2.24, 2.45) is 0 Å². The van der Waals surface area contributed by atoms with Crippen LogP contribution in [0.25, 0.3) is 0 Å². The van der Waals surface area contributed by atoms with E-state index in [9.17, 15) is 14.4 Å². The fourth-order valence-corrected chi connectivity index (χ4v) is 2.91. The summed E-state index contributed by atoms with van der Waals surface area (Å²) in [4.78, 5) is 38.2. The van der Waals surface area contributed by atoms with Crippen molar-refractivity contribution in [3.8, 4) is 0 Å². The van der Waals surface area contributed by atoms with Crippen LogP contribution < -0.4 is 10.6 Å². The van der Waals surface area contributed by atoms with Crippen LogP contribution >= 0.6 is 0 Å². The van der Waals surface area contributed by atoms with Gasteiger partial charge in [-0.1, -0.05) is 73.3 Å². The summed E-state index contributed by atoms with van der Waals surface area (Å²) in [5.41, 5.74) is 0.671. The van der Waals surface area contributed by atoms with Crippen LogP contribution in [0.4, 0.5) is 4.79 Å². The number of esters is 1. The number of hydrogen-bond acceptors (Lipinski definition) is 5. The molecular formula is C25H30N2O5. The number of rotatable bonds is 9. The van der Waals surface area contributed by atoms with Crippen molar-refractivity contribution in [2.75, 3.05) is 6.61 Å². The van der Waals surface area contributed by atoms with E-state index in [0.29, 0.717) is 5.56 Å². The molecule has 2 rings (SSSR count). The number of nitrogens with one attached hydrogen (secondary N) is 2. The molecule has 0 aromatic heterocycles. The van der Waals surface area contributed by atoms with Gasteiger partial charge in [-0.15, -0.1) is 0 Å². The highest BCUT2D eigenvalue weighted by atomic mass is 16.6. The molecular weight excluding hydrogens is 408 g/mol. The van der Waals surface area contributed by atoms with E-state index < -0.39 is 35.7 Å². The van der Waals surface area contributed by atoms with E-state index in [2.05, 4.69) is 17.2 Å². The normalized spacial score (nSPS) is 12.7. The van der Waals surface area contributed by atoms with Crippen molar-refractivity contribution in [1.29, 1.82) is 0 Å². The largest absolute Gasteiger partial charge is 0.460 e. The molecule has 2 atom stereocenters. The van der Waals surface area contributed by atoms with Gasteiger partial charge < -0.3 is 20.1 Å². The highest BCUT2D eigenvalue weighted by Gasteiger charge is 2.30. The number of carbonyl (C=O) groups excluding carboxylic acids is 3. The fourth-order valence-electron chi connectivity index (χ4n) is 2.91. The zero-order valence-corrected chi connectivity index (χ0v) is 18.7. The topological polar surface area (TPSA) is 93.7 Å². The zero-order chi connectivity index (χ0) is 23.6. The highest BCUT2D eigenvalue weighted by Crippen LogP contribution is 2.16. The van der Waals surface area contributed by atoms with Gasteiger partial charge >= 0.3 is 12.1 Å². The maximum absolute atomic E-state index is 13.2. The smallest absolute Gasteiger partial charge is 0.408 e. The van der Waals surface area contributed by atoms with Crippen molar-refractivity contribution in [3.63, 3.8) is 0 Å². The van der Waals surface area contributed by atoms with Gasteiger partial charge in [0.25, 0.3) is 0 Å². The molecule has 0 saturated heterocycles. The van der Waals surface area contributed by atoms with E-state index in [-0.39, 0.29) is 13.0 Å². The third kappa shape index (κ3) is 8.26. The Balaban J connectivity index is 2.24. The molecule has 2 N–H and O–H groups in total. The lowest BCUT2D eigenvalue weighted by atomic mass is 10.0. The number of alkyl carbamates (subject to hydrolysis) is 1. The molecule has 0 heterocycles. The Bertz CT molecular complexity index is 907. The fraction of sp³-hybridized carbons (Fsp3) is 0.320. The van der Waals surface area contributed by atoms with E-state index >= 15 is 0 Å². The maximum atomic E-state index is 13.2. The van der Waals surface area contributed by atoms with Crippen LogP contribution in [0.2, 0.25) is 0 Å². The summed E-state index contributed by atoms with van der Waals surface area (Å²) in [7, 11) is 0. The third-order valence-corrected chi connectivity index (χ3v) is 4.28. The van der Waals surface area contributed by atoms with Crippen LogP contribution in [-0.4, -0.2) is 36.2 Å². The Hall–Kier alpha value is -3.61. The molecule has 2 aromatic rings. The molecule has 0 fully saturated rings. The molecule has 32 heavy (non-hydrogen) atoms. The standard InChI is InChI=1S/C25H30N2O5/c1-5-16-31-23(29)20(17-18-12-8-6-9-13-18)26-22(28)21(19-14-10-7-11-15-19)27-24(30)32-25(2,3)4/h5-15,20-21H,1,16-17H2,2-4H3,(H,26,28)(H,27,30)/t20-,21+/m0/s1. The summed E-state index contributed by atoms with van der Waals surface area (Å²) < 4.78 is 10.5. The SMILES string of the molecule is C=CCOC(=O)[C@H](Cc1ccccc1)NC(=O)[C@H](NC(=O)OC(C)(C)C)c1ccccc1. The number of amides is 2. The molecule has 0 aliphatic heterocycles. The lowest BCUT2D eigenvalue weighted by Crippen LogP contribution is -2.49. The van der Waals surface area contributed by atoms with Crippen molar-refractivity contribution in [3.05, 3.63) is 84.4 Å². The molecule has 0 spiro atoms. The predicted molar refractivity (Wildman–Crippen MR) is 122 cm³/mol. The van der Waals surface area contributed by atoms with E-state index in [1.807, 2.05) is 30.3 Å². The molecule has 170 valence electrons. The number of benzene rings is 2. The van der Waals surface area contributed by atoms with Gasteiger partial charge in [0, 0.05) is 6.42 Å². The molecule has 7 heteroatoms. The monoisotopic (exact) mass is 438 g/mol. The summed E-state index contributed by atoms with van der Waals surface area (Å²) in [5.74, 6) is -1.15. The molecule has 7 nitrogen and oxygen atoms in total. The summed E-state index contributed by atoms with van der Waals surface area (Å²) in [6.45, 7) is 8.76. The highest BCUT2D eigenvalue weighted by molar-refractivity contribution is 5.90. The van der Waals surface area contributed by atoms with Gasteiger partial charge in [0.1, 0.15) is 24.3 Å². The second-order valence-electron chi connectivity index (χ2n) is 8.16. The Morgan fingerprint density at radius 1 is 0.969 bits per heavy atom. The van der Waals surface area contributed by atoms with Crippen LogP contribution in [-0.2, 0) is 25.5 Å². The third-order valence-electron chi connectivity index (χ3n) is 4.28. The van der Waals surface area contributed by atoms with E-state index in [0.717, 1.165) is 5.56 Å². The maximum Gasteiger partial charge on any atom is 0.408 e. The minimum Gasteiger partial charge on any atom is -0.460 e. The van der Waals surface area contributed by atoms with Crippen LogP contribution in [0.15, 0.2) is 73.3 Å². The minimum atomic E-state index is -1.06. The van der Waals surface area contributed by atoms with Crippen LogP contribution in [0.1, 0.15) is 37.9 Å². The lowest BCUT2D eigenvalue weighted by Gasteiger charge is -2.25. The molecule has 0 saturated carbocycles. The van der Waals surface area contributed by atoms with E-state index in [1.54, 1.807) is 51.1 Å². The quantitative estimate of drug-likeness (QED) is 0.460. The summed E-state index contributed by atoms with van der Waals surface area (Å²) >= 11 is 0.